The summed E-state index contributed by atoms with van der Waals surface area (Å²) in [4.78, 5) is 16.4. The minimum absolute atomic E-state index is 0.0625. The number of carbonyl (C=O) groups excluding carboxylic acids is 1. The number of thioether (sulfide) groups is 1. The number of carbonyl (C=O) groups is 1. The zero-order valence-corrected chi connectivity index (χ0v) is 11.9. The maximum Gasteiger partial charge on any atom is 0.254 e. The fourth-order valence-corrected chi connectivity index (χ4v) is 2.19. The minimum Gasteiger partial charge on any atom is -0.396 e. The molecule has 0 saturated heterocycles. The quantitative estimate of drug-likeness (QED) is 0.775. The SMILES string of the molecule is CCC(C)(CCO)NC(=O)c1cccnc1SC. The molecular weight excluding hydrogens is 248 g/mol. The summed E-state index contributed by atoms with van der Waals surface area (Å²) < 4.78 is 0. The van der Waals surface area contributed by atoms with E-state index in [1.54, 1.807) is 18.3 Å². The van der Waals surface area contributed by atoms with Gasteiger partial charge in [-0.25, -0.2) is 4.98 Å². The number of nitrogens with zero attached hydrogens (tertiary/aromatic N) is 1. The Morgan fingerprint density at radius 2 is 2.33 bits per heavy atom. The lowest BCUT2D eigenvalue weighted by atomic mass is 9.94. The third kappa shape index (κ3) is 3.71. The molecule has 0 aromatic carbocycles. The van der Waals surface area contributed by atoms with Gasteiger partial charge in [0.1, 0.15) is 5.03 Å². The molecule has 100 valence electrons. The first-order chi connectivity index (χ1) is 8.56. The van der Waals surface area contributed by atoms with Crippen molar-refractivity contribution in [2.45, 2.75) is 37.3 Å². The molecule has 4 nitrogen and oxygen atoms in total. The number of aliphatic hydroxyl groups excluding tert-OH is 1. The molecule has 1 aromatic rings. The first-order valence-electron chi connectivity index (χ1n) is 5.98. The summed E-state index contributed by atoms with van der Waals surface area (Å²) in [7, 11) is 0. The van der Waals surface area contributed by atoms with Crippen LogP contribution >= 0.6 is 11.8 Å². The fourth-order valence-electron chi connectivity index (χ4n) is 1.64. The van der Waals surface area contributed by atoms with Crippen LogP contribution in [0.2, 0.25) is 0 Å². The van der Waals surface area contributed by atoms with Crippen molar-refractivity contribution in [2.24, 2.45) is 0 Å². The molecule has 0 bridgehead atoms. The lowest BCUT2D eigenvalue weighted by Crippen LogP contribution is -2.46. The van der Waals surface area contributed by atoms with Gasteiger partial charge < -0.3 is 10.4 Å². The van der Waals surface area contributed by atoms with Crippen molar-refractivity contribution in [1.82, 2.24) is 10.3 Å². The van der Waals surface area contributed by atoms with Gasteiger partial charge in [-0.15, -0.1) is 11.8 Å². The van der Waals surface area contributed by atoms with E-state index in [4.69, 9.17) is 5.11 Å². The normalized spacial score (nSPS) is 14.0. The standard InChI is InChI=1S/C13H20N2O2S/c1-4-13(2,7-9-16)15-11(17)10-6-5-8-14-12(10)18-3/h5-6,8,16H,4,7,9H2,1-3H3,(H,15,17). The van der Waals surface area contributed by atoms with E-state index in [0.29, 0.717) is 12.0 Å². The zero-order valence-electron chi connectivity index (χ0n) is 11.1. The molecule has 1 heterocycles. The van der Waals surface area contributed by atoms with Crippen LogP contribution < -0.4 is 5.32 Å². The molecule has 0 aliphatic heterocycles. The number of pyridine rings is 1. The van der Waals surface area contributed by atoms with E-state index in [1.165, 1.54) is 11.8 Å². The highest BCUT2D eigenvalue weighted by Gasteiger charge is 2.25. The van der Waals surface area contributed by atoms with Crippen molar-refractivity contribution < 1.29 is 9.90 Å². The Bertz CT molecular complexity index is 412. The van der Waals surface area contributed by atoms with Gasteiger partial charge in [-0.05, 0) is 38.2 Å². The second kappa shape index (κ2) is 6.75. The molecule has 0 radical (unpaired) electrons. The van der Waals surface area contributed by atoms with Crippen molar-refractivity contribution in [1.29, 1.82) is 0 Å². The van der Waals surface area contributed by atoms with E-state index in [1.807, 2.05) is 20.1 Å². The maximum atomic E-state index is 12.2. The molecule has 0 saturated carbocycles. The molecule has 0 spiro atoms. The monoisotopic (exact) mass is 268 g/mol. The van der Waals surface area contributed by atoms with Crippen LogP contribution in [-0.2, 0) is 0 Å². The van der Waals surface area contributed by atoms with Gasteiger partial charge in [-0.1, -0.05) is 6.92 Å². The molecule has 0 fully saturated rings. The van der Waals surface area contributed by atoms with Gasteiger partial charge in [0, 0.05) is 18.3 Å². The van der Waals surface area contributed by atoms with Crippen LogP contribution in [0, 0.1) is 0 Å². The van der Waals surface area contributed by atoms with Crippen LogP contribution in [0.25, 0.3) is 0 Å². The van der Waals surface area contributed by atoms with Gasteiger partial charge >= 0.3 is 0 Å². The molecule has 2 N–H and O–H groups in total. The van der Waals surface area contributed by atoms with Crippen LogP contribution in [0.1, 0.15) is 37.0 Å². The van der Waals surface area contributed by atoms with Crippen molar-refractivity contribution in [3.63, 3.8) is 0 Å². The zero-order chi connectivity index (χ0) is 13.6. The summed E-state index contributed by atoms with van der Waals surface area (Å²) in [5.41, 5.74) is 0.208. The van der Waals surface area contributed by atoms with Crippen molar-refractivity contribution in [3.05, 3.63) is 23.9 Å². The predicted molar refractivity (Wildman–Crippen MR) is 73.9 cm³/mol. The molecule has 5 heteroatoms. The number of hydrogen-bond acceptors (Lipinski definition) is 4. The number of aromatic nitrogens is 1. The smallest absolute Gasteiger partial charge is 0.254 e. The van der Waals surface area contributed by atoms with Gasteiger partial charge in [0.25, 0.3) is 5.91 Å². The molecule has 1 unspecified atom stereocenters. The highest BCUT2D eigenvalue weighted by Crippen LogP contribution is 2.19. The summed E-state index contributed by atoms with van der Waals surface area (Å²) in [6.07, 6.45) is 4.89. The Kier molecular flexibility index (Phi) is 5.62. The lowest BCUT2D eigenvalue weighted by molar-refractivity contribution is 0.0882. The lowest BCUT2D eigenvalue weighted by Gasteiger charge is -2.29. The van der Waals surface area contributed by atoms with Gasteiger partial charge in [0.15, 0.2) is 0 Å². The molecule has 18 heavy (non-hydrogen) atoms. The second-order valence-electron chi connectivity index (χ2n) is 4.40. The van der Waals surface area contributed by atoms with Crippen LogP contribution in [0.15, 0.2) is 23.4 Å². The number of amides is 1. The maximum absolute atomic E-state index is 12.2. The second-order valence-corrected chi connectivity index (χ2v) is 5.20. The topological polar surface area (TPSA) is 62.2 Å². The Balaban J connectivity index is 2.87. The van der Waals surface area contributed by atoms with Crippen LogP contribution in [-0.4, -0.2) is 34.4 Å². The van der Waals surface area contributed by atoms with Crippen LogP contribution in [0.3, 0.4) is 0 Å². The van der Waals surface area contributed by atoms with Crippen LogP contribution in [0.5, 0.6) is 0 Å². The van der Waals surface area contributed by atoms with Crippen molar-refractivity contribution in [3.8, 4) is 0 Å². The average molecular weight is 268 g/mol. The molecule has 0 aliphatic rings. The predicted octanol–water partition coefficient (Wildman–Crippen LogP) is 2.08. The van der Waals surface area contributed by atoms with Gasteiger partial charge in [0.2, 0.25) is 0 Å². The highest BCUT2D eigenvalue weighted by molar-refractivity contribution is 7.98. The van der Waals surface area contributed by atoms with E-state index in [9.17, 15) is 4.79 Å². The van der Waals surface area contributed by atoms with E-state index in [2.05, 4.69) is 10.3 Å². The molecule has 0 aliphatic carbocycles. The molecule has 1 aromatic heterocycles. The van der Waals surface area contributed by atoms with Crippen molar-refractivity contribution >= 4 is 17.7 Å². The van der Waals surface area contributed by atoms with E-state index < -0.39 is 0 Å². The molecule has 1 rings (SSSR count). The summed E-state index contributed by atoms with van der Waals surface area (Å²) in [5.74, 6) is -0.134. The number of nitrogens with one attached hydrogen (secondary N) is 1. The summed E-state index contributed by atoms with van der Waals surface area (Å²) in [5, 5.41) is 12.8. The Hall–Kier alpha value is -1.07. The fraction of sp³-hybridized carbons (Fsp3) is 0.538. The Morgan fingerprint density at radius 1 is 1.61 bits per heavy atom. The van der Waals surface area contributed by atoms with Gasteiger partial charge in [0.05, 0.1) is 5.56 Å². The minimum atomic E-state index is -0.378. The van der Waals surface area contributed by atoms with Crippen LogP contribution in [0.4, 0.5) is 0 Å². The Labute approximate surface area is 112 Å². The molecule has 1 atom stereocenters. The summed E-state index contributed by atoms with van der Waals surface area (Å²) in [6, 6.07) is 3.52. The van der Waals surface area contributed by atoms with Gasteiger partial charge in [-0.3, -0.25) is 4.79 Å². The average Bonchev–Trinajstić information content (AvgIpc) is 2.38. The van der Waals surface area contributed by atoms with E-state index in [0.717, 1.165) is 11.4 Å². The number of rotatable bonds is 6. The molecular formula is C13H20N2O2S. The third-order valence-electron chi connectivity index (χ3n) is 3.07. The third-order valence-corrected chi connectivity index (χ3v) is 3.78. The first kappa shape index (κ1) is 15.0. The highest BCUT2D eigenvalue weighted by atomic mass is 32.2. The van der Waals surface area contributed by atoms with E-state index in [-0.39, 0.29) is 18.1 Å². The van der Waals surface area contributed by atoms with E-state index >= 15 is 0 Å². The summed E-state index contributed by atoms with van der Waals surface area (Å²) in [6.45, 7) is 4.00. The summed E-state index contributed by atoms with van der Waals surface area (Å²) >= 11 is 1.45. The van der Waals surface area contributed by atoms with Gasteiger partial charge in [-0.2, -0.15) is 0 Å². The Morgan fingerprint density at radius 3 is 2.89 bits per heavy atom. The molecule has 1 amide bonds. The number of aliphatic hydroxyl groups is 1. The van der Waals surface area contributed by atoms with Crippen molar-refractivity contribution in [2.75, 3.05) is 12.9 Å². The first-order valence-corrected chi connectivity index (χ1v) is 7.21. The largest absolute Gasteiger partial charge is 0.396 e. The number of hydrogen-bond donors (Lipinski definition) is 2.